The molecule has 1 aromatic rings. The molecule has 1 aliphatic carbocycles. The van der Waals surface area contributed by atoms with Crippen molar-refractivity contribution in [3.63, 3.8) is 0 Å². The number of thioether (sulfide) groups is 1. The molecule has 0 saturated carbocycles. The number of aromatic nitrogens is 1. The Labute approximate surface area is 124 Å². The third kappa shape index (κ3) is 3.66. The average molecular weight is 293 g/mol. The van der Waals surface area contributed by atoms with Crippen molar-refractivity contribution < 1.29 is 5.21 Å². The molecular weight excluding hydrogens is 270 g/mol. The van der Waals surface area contributed by atoms with Crippen LogP contribution in [0, 0.1) is 0 Å². The second-order valence-corrected chi connectivity index (χ2v) is 6.28. The van der Waals surface area contributed by atoms with Crippen molar-refractivity contribution in [1.82, 2.24) is 4.98 Å². The van der Waals surface area contributed by atoms with Gasteiger partial charge >= 0.3 is 0 Å². The fourth-order valence-electron chi connectivity index (χ4n) is 2.48. The zero-order valence-electron chi connectivity index (χ0n) is 12.1. The molecule has 110 valence electrons. The number of oxime groups is 1. The number of nitrogens with zero attached hydrogens (tertiary/aromatic N) is 2. The maximum atomic E-state index is 8.95. The SMILES string of the molecule is CCCCCSc1nc2c(cc1C(N)=NO)CCCC2. The van der Waals surface area contributed by atoms with Gasteiger partial charge in [-0.1, -0.05) is 24.9 Å². The smallest absolute Gasteiger partial charge is 0.172 e. The van der Waals surface area contributed by atoms with Gasteiger partial charge in [0.15, 0.2) is 5.84 Å². The van der Waals surface area contributed by atoms with Gasteiger partial charge in [-0.25, -0.2) is 4.98 Å². The minimum atomic E-state index is 0.170. The van der Waals surface area contributed by atoms with Gasteiger partial charge in [0, 0.05) is 5.69 Å². The monoisotopic (exact) mass is 293 g/mol. The number of pyridine rings is 1. The minimum Gasteiger partial charge on any atom is -0.409 e. The Kier molecular flexibility index (Phi) is 5.71. The van der Waals surface area contributed by atoms with E-state index in [9.17, 15) is 0 Å². The van der Waals surface area contributed by atoms with Crippen molar-refractivity contribution in [1.29, 1.82) is 0 Å². The molecule has 0 amide bonds. The van der Waals surface area contributed by atoms with Crippen molar-refractivity contribution in [3.05, 3.63) is 22.9 Å². The summed E-state index contributed by atoms with van der Waals surface area (Å²) in [6.07, 6.45) is 8.14. The van der Waals surface area contributed by atoms with E-state index in [2.05, 4.69) is 18.1 Å². The van der Waals surface area contributed by atoms with E-state index in [4.69, 9.17) is 15.9 Å². The third-order valence-electron chi connectivity index (χ3n) is 3.64. The Hall–Kier alpha value is -1.23. The molecule has 5 heteroatoms. The van der Waals surface area contributed by atoms with Gasteiger partial charge in [0.05, 0.1) is 5.56 Å². The van der Waals surface area contributed by atoms with Gasteiger partial charge in [0.25, 0.3) is 0 Å². The molecule has 0 fully saturated rings. The summed E-state index contributed by atoms with van der Waals surface area (Å²) < 4.78 is 0. The van der Waals surface area contributed by atoms with Gasteiger partial charge in [-0.05, 0) is 49.5 Å². The molecule has 0 radical (unpaired) electrons. The Morgan fingerprint density at radius 2 is 2.20 bits per heavy atom. The number of unbranched alkanes of at least 4 members (excludes halogenated alkanes) is 2. The molecule has 0 saturated heterocycles. The molecule has 1 aromatic heterocycles. The molecule has 0 bridgehead atoms. The van der Waals surface area contributed by atoms with Crippen LogP contribution in [-0.4, -0.2) is 21.8 Å². The van der Waals surface area contributed by atoms with E-state index in [1.807, 2.05) is 0 Å². The molecule has 1 heterocycles. The first-order valence-corrected chi connectivity index (χ1v) is 8.38. The number of fused-ring (bicyclic) bond motifs is 1. The molecule has 1 aliphatic rings. The molecule has 0 unspecified atom stereocenters. The first-order valence-electron chi connectivity index (χ1n) is 7.39. The van der Waals surface area contributed by atoms with Crippen molar-refractivity contribution >= 4 is 17.6 Å². The van der Waals surface area contributed by atoms with E-state index in [1.165, 1.54) is 43.4 Å². The fourth-order valence-corrected chi connectivity index (χ4v) is 3.52. The second-order valence-electron chi connectivity index (χ2n) is 5.19. The van der Waals surface area contributed by atoms with Gasteiger partial charge < -0.3 is 10.9 Å². The number of rotatable bonds is 6. The van der Waals surface area contributed by atoms with Crippen molar-refractivity contribution in [3.8, 4) is 0 Å². The maximum absolute atomic E-state index is 8.95. The van der Waals surface area contributed by atoms with E-state index >= 15 is 0 Å². The summed E-state index contributed by atoms with van der Waals surface area (Å²) in [5.41, 5.74) is 9.05. The van der Waals surface area contributed by atoms with E-state index in [0.717, 1.165) is 29.2 Å². The Morgan fingerprint density at radius 1 is 1.40 bits per heavy atom. The molecule has 0 aromatic carbocycles. The van der Waals surface area contributed by atoms with Crippen LogP contribution in [0.3, 0.4) is 0 Å². The highest BCUT2D eigenvalue weighted by Crippen LogP contribution is 2.28. The standard InChI is InChI=1S/C15H23N3OS/c1-2-3-6-9-20-15-12(14(16)18-19)10-11-7-4-5-8-13(11)17-15/h10,19H,2-9H2,1H3,(H2,16,18). The summed E-state index contributed by atoms with van der Waals surface area (Å²) in [5.74, 6) is 1.20. The lowest BCUT2D eigenvalue weighted by Gasteiger charge is -2.18. The number of amidine groups is 1. The van der Waals surface area contributed by atoms with Crippen LogP contribution >= 0.6 is 11.8 Å². The molecule has 3 N–H and O–H groups in total. The van der Waals surface area contributed by atoms with E-state index in [1.54, 1.807) is 11.8 Å². The van der Waals surface area contributed by atoms with Crippen molar-refractivity contribution in [2.75, 3.05) is 5.75 Å². The molecule has 0 spiro atoms. The molecule has 4 nitrogen and oxygen atoms in total. The van der Waals surface area contributed by atoms with Crippen LogP contribution in [0.5, 0.6) is 0 Å². The average Bonchev–Trinajstić information content (AvgIpc) is 2.50. The lowest BCUT2D eigenvalue weighted by molar-refractivity contribution is 0.318. The molecule has 2 rings (SSSR count). The third-order valence-corrected chi connectivity index (χ3v) is 4.71. The quantitative estimate of drug-likeness (QED) is 0.211. The van der Waals surface area contributed by atoms with Gasteiger partial charge in [0.2, 0.25) is 0 Å². The second kappa shape index (κ2) is 7.53. The molecule has 0 aliphatic heterocycles. The Bertz CT molecular complexity index is 488. The number of aryl methyl sites for hydroxylation is 2. The highest BCUT2D eigenvalue weighted by atomic mass is 32.2. The van der Waals surface area contributed by atoms with Crippen molar-refractivity contribution in [2.45, 2.75) is 56.9 Å². The van der Waals surface area contributed by atoms with Gasteiger partial charge in [0.1, 0.15) is 5.03 Å². The van der Waals surface area contributed by atoms with Crippen LogP contribution < -0.4 is 5.73 Å². The van der Waals surface area contributed by atoms with Gasteiger partial charge in [-0.2, -0.15) is 0 Å². The minimum absolute atomic E-state index is 0.170. The zero-order chi connectivity index (χ0) is 14.4. The summed E-state index contributed by atoms with van der Waals surface area (Å²) >= 11 is 1.72. The summed E-state index contributed by atoms with van der Waals surface area (Å²) in [6, 6.07) is 2.07. The lowest BCUT2D eigenvalue weighted by atomic mass is 9.95. The molecule has 20 heavy (non-hydrogen) atoms. The van der Waals surface area contributed by atoms with Crippen LogP contribution in [0.2, 0.25) is 0 Å². The van der Waals surface area contributed by atoms with E-state index in [0.29, 0.717) is 0 Å². The number of nitrogens with two attached hydrogens (primary N) is 1. The zero-order valence-corrected chi connectivity index (χ0v) is 12.9. The van der Waals surface area contributed by atoms with E-state index < -0.39 is 0 Å². The Balaban J connectivity index is 2.22. The predicted molar refractivity (Wildman–Crippen MR) is 83.6 cm³/mol. The summed E-state index contributed by atoms with van der Waals surface area (Å²) in [4.78, 5) is 4.77. The fraction of sp³-hybridized carbons (Fsp3) is 0.600. The number of hydrogen-bond acceptors (Lipinski definition) is 4. The van der Waals surface area contributed by atoms with Crippen LogP contribution in [0.1, 0.15) is 55.8 Å². The topological polar surface area (TPSA) is 71.5 Å². The van der Waals surface area contributed by atoms with Crippen LogP contribution in [-0.2, 0) is 12.8 Å². The van der Waals surface area contributed by atoms with Gasteiger partial charge in [-0.3, -0.25) is 0 Å². The first kappa shape index (κ1) is 15.2. The highest BCUT2D eigenvalue weighted by molar-refractivity contribution is 7.99. The summed E-state index contributed by atoms with van der Waals surface area (Å²) in [6.45, 7) is 2.20. The molecule has 0 atom stereocenters. The van der Waals surface area contributed by atoms with Crippen LogP contribution in [0.4, 0.5) is 0 Å². The van der Waals surface area contributed by atoms with Crippen LogP contribution in [0.25, 0.3) is 0 Å². The normalized spacial score (nSPS) is 15.2. The maximum Gasteiger partial charge on any atom is 0.172 e. The van der Waals surface area contributed by atoms with Gasteiger partial charge in [-0.15, -0.1) is 11.8 Å². The predicted octanol–water partition coefficient (Wildman–Crippen LogP) is 3.34. The van der Waals surface area contributed by atoms with E-state index in [-0.39, 0.29) is 5.84 Å². The van der Waals surface area contributed by atoms with Crippen molar-refractivity contribution in [2.24, 2.45) is 10.9 Å². The summed E-state index contributed by atoms with van der Waals surface area (Å²) in [7, 11) is 0. The number of hydrogen-bond donors (Lipinski definition) is 2. The first-order chi connectivity index (χ1) is 9.76. The Morgan fingerprint density at radius 3 is 2.95 bits per heavy atom. The summed E-state index contributed by atoms with van der Waals surface area (Å²) in [5, 5.41) is 13.0. The highest BCUT2D eigenvalue weighted by Gasteiger charge is 2.17. The lowest BCUT2D eigenvalue weighted by Crippen LogP contribution is -2.18. The van der Waals surface area contributed by atoms with Crippen LogP contribution in [0.15, 0.2) is 16.2 Å². The molecular formula is C15H23N3OS. The largest absolute Gasteiger partial charge is 0.409 e.